The lowest BCUT2D eigenvalue weighted by Crippen LogP contribution is -2.52. The quantitative estimate of drug-likeness (QED) is 0.515. The Bertz CT molecular complexity index is 1130. The number of sulfonamides is 1. The lowest BCUT2D eigenvalue weighted by atomic mass is 10.2. The fourth-order valence-electron chi connectivity index (χ4n) is 3.99. The largest absolute Gasteiger partial charge is 0.504 e. The van der Waals surface area contributed by atoms with Crippen molar-refractivity contribution >= 4 is 39.0 Å². The van der Waals surface area contributed by atoms with E-state index in [9.17, 15) is 22.7 Å². The smallest absolute Gasteiger partial charge is 0.323 e. The van der Waals surface area contributed by atoms with Crippen LogP contribution in [0.25, 0.3) is 0 Å². The fraction of sp³-hybridized carbons (Fsp3) is 0.350. The van der Waals surface area contributed by atoms with E-state index in [1.165, 1.54) is 41.6 Å². The van der Waals surface area contributed by atoms with Crippen LogP contribution in [0.1, 0.15) is 18.4 Å². The average molecular weight is 469 g/mol. The number of rotatable bonds is 4. The van der Waals surface area contributed by atoms with E-state index in [2.05, 4.69) is 16.0 Å². The molecule has 2 bridgehead atoms. The Hall–Kier alpha value is -2.40. The second kappa shape index (κ2) is 8.27. The minimum Gasteiger partial charge on any atom is -0.504 e. The van der Waals surface area contributed by atoms with Gasteiger partial charge in [-0.05, 0) is 44.0 Å². The molecule has 0 unspecified atom stereocenters. The number of carbonyl (C=O) groups is 1. The molecule has 2 amide bonds. The SMILES string of the molecule is Cc1c(F)cccc1NC(=O)Nc1ccc(Cl)c(S(=O)(=O)N2C[C@@H]3CC[C@@H](C2)N3)c1O. The van der Waals surface area contributed by atoms with Crippen LogP contribution in [0.5, 0.6) is 5.75 Å². The zero-order valence-corrected chi connectivity index (χ0v) is 18.2. The first-order valence-electron chi connectivity index (χ1n) is 9.77. The molecule has 31 heavy (non-hydrogen) atoms. The van der Waals surface area contributed by atoms with Crippen molar-refractivity contribution in [3.63, 3.8) is 0 Å². The van der Waals surface area contributed by atoms with E-state index in [-0.39, 0.29) is 47.1 Å². The number of hydrogen-bond donors (Lipinski definition) is 4. The van der Waals surface area contributed by atoms with Gasteiger partial charge < -0.3 is 21.1 Å². The van der Waals surface area contributed by atoms with Crippen molar-refractivity contribution in [1.29, 1.82) is 0 Å². The van der Waals surface area contributed by atoms with Crippen LogP contribution in [-0.4, -0.2) is 49.0 Å². The molecule has 2 atom stereocenters. The molecule has 0 aliphatic carbocycles. The highest BCUT2D eigenvalue weighted by molar-refractivity contribution is 7.89. The van der Waals surface area contributed by atoms with Gasteiger partial charge in [0.2, 0.25) is 10.0 Å². The summed E-state index contributed by atoms with van der Waals surface area (Å²) in [4.78, 5) is 11.9. The number of phenolic OH excluding ortho intramolecular Hbond substituents is 1. The number of piperazine rings is 1. The van der Waals surface area contributed by atoms with Gasteiger partial charge in [-0.25, -0.2) is 17.6 Å². The van der Waals surface area contributed by atoms with Crippen LogP contribution < -0.4 is 16.0 Å². The number of nitrogens with zero attached hydrogens (tertiary/aromatic N) is 1. The number of benzene rings is 2. The van der Waals surface area contributed by atoms with E-state index >= 15 is 0 Å². The third-order valence-corrected chi connectivity index (χ3v) is 7.96. The number of hydrogen-bond acceptors (Lipinski definition) is 5. The molecule has 0 spiro atoms. The molecular weight excluding hydrogens is 447 g/mol. The Labute approximate surface area is 184 Å². The summed E-state index contributed by atoms with van der Waals surface area (Å²) in [6.07, 6.45) is 1.77. The van der Waals surface area contributed by atoms with Gasteiger partial charge in [0.25, 0.3) is 0 Å². The summed E-state index contributed by atoms with van der Waals surface area (Å²) in [5, 5.41) is 18.8. The molecule has 0 saturated carbocycles. The van der Waals surface area contributed by atoms with Crippen LogP contribution >= 0.6 is 11.6 Å². The fourth-order valence-corrected chi connectivity index (χ4v) is 6.12. The van der Waals surface area contributed by atoms with Crippen LogP contribution in [0.3, 0.4) is 0 Å². The average Bonchev–Trinajstić information content (AvgIpc) is 3.05. The first-order chi connectivity index (χ1) is 14.7. The maximum atomic E-state index is 13.7. The van der Waals surface area contributed by atoms with Gasteiger partial charge in [-0.15, -0.1) is 0 Å². The summed E-state index contributed by atoms with van der Waals surface area (Å²) < 4.78 is 41.5. The molecule has 4 rings (SSSR count). The lowest BCUT2D eigenvalue weighted by molar-refractivity contribution is 0.262. The van der Waals surface area contributed by atoms with E-state index in [4.69, 9.17) is 11.6 Å². The molecule has 2 aliphatic heterocycles. The summed E-state index contributed by atoms with van der Waals surface area (Å²) in [5.74, 6) is -1.13. The van der Waals surface area contributed by atoms with Crippen LogP contribution in [0.2, 0.25) is 5.02 Å². The predicted molar refractivity (Wildman–Crippen MR) is 116 cm³/mol. The van der Waals surface area contributed by atoms with Crippen molar-refractivity contribution < 1.29 is 22.7 Å². The number of urea groups is 1. The van der Waals surface area contributed by atoms with E-state index < -0.39 is 32.5 Å². The third kappa shape index (κ3) is 4.20. The Morgan fingerprint density at radius 3 is 2.48 bits per heavy atom. The van der Waals surface area contributed by atoms with Crippen molar-refractivity contribution in [1.82, 2.24) is 9.62 Å². The standard InChI is InChI=1S/C20H22ClFN4O4S/c1-11-15(22)3-2-4-16(11)24-20(28)25-17-8-7-14(21)19(18(17)27)31(29,30)26-9-12-5-6-13(10-26)23-12/h2-4,7-8,12-13,23,27H,5-6,9-10H2,1H3,(H2,24,25,28)/t12-,13-/m0/s1. The molecule has 0 radical (unpaired) electrons. The number of carbonyl (C=O) groups excluding carboxylic acids is 1. The summed E-state index contributed by atoms with van der Waals surface area (Å²) in [5.41, 5.74) is 0.359. The number of amides is 2. The van der Waals surface area contributed by atoms with Gasteiger partial charge in [0.15, 0.2) is 5.75 Å². The Morgan fingerprint density at radius 1 is 1.16 bits per heavy atom. The molecule has 11 heteroatoms. The maximum Gasteiger partial charge on any atom is 0.323 e. The maximum absolute atomic E-state index is 13.7. The molecule has 2 aromatic rings. The summed E-state index contributed by atoms with van der Waals surface area (Å²) in [7, 11) is -4.09. The van der Waals surface area contributed by atoms with E-state index in [0.717, 1.165) is 12.8 Å². The number of halogens is 2. The van der Waals surface area contributed by atoms with Crippen molar-refractivity contribution in [2.75, 3.05) is 23.7 Å². The summed E-state index contributed by atoms with van der Waals surface area (Å²) in [6, 6.07) is 6.20. The molecule has 166 valence electrons. The van der Waals surface area contributed by atoms with Gasteiger partial charge in [0, 0.05) is 36.4 Å². The highest BCUT2D eigenvalue weighted by Crippen LogP contribution is 2.39. The molecule has 2 saturated heterocycles. The van der Waals surface area contributed by atoms with Crippen molar-refractivity contribution in [2.45, 2.75) is 36.7 Å². The first-order valence-corrected chi connectivity index (χ1v) is 11.6. The summed E-state index contributed by atoms with van der Waals surface area (Å²) >= 11 is 6.15. The topological polar surface area (TPSA) is 111 Å². The molecule has 2 fully saturated rings. The van der Waals surface area contributed by atoms with E-state index in [1.54, 1.807) is 0 Å². The van der Waals surface area contributed by atoms with Gasteiger partial charge in [0.1, 0.15) is 10.7 Å². The van der Waals surface area contributed by atoms with Crippen LogP contribution in [0.4, 0.5) is 20.6 Å². The number of nitrogens with one attached hydrogen (secondary N) is 3. The monoisotopic (exact) mass is 468 g/mol. The summed E-state index contributed by atoms with van der Waals surface area (Å²) in [6.45, 7) is 2.08. The number of fused-ring (bicyclic) bond motifs is 2. The second-order valence-electron chi connectivity index (χ2n) is 7.72. The van der Waals surface area contributed by atoms with E-state index in [1.807, 2.05) is 0 Å². The van der Waals surface area contributed by atoms with Crippen molar-refractivity contribution in [2.24, 2.45) is 0 Å². The molecule has 0 aromatic heterocycles. The number of phenols is 1. The van der Waals surface area contributed by atoms with Crippen molar-refractivity contribution in [3.8, 4) is 5.75 Å². The molecule has 2 aliphatic rings. The van der Waals surface area contributed by atoms with Gasteiger partial charge >= 0.3 is 6.03 Å². The van der Waals surface area contributed by atoms with Crippen LogP contribution in [0.15, 0.2) is 35.2 Å². The first kappa shape index (κ1) is 21.8. The molecule has 8 nitrogen and oxygen atoms in total. The minimum absolute atomic E-state index is 0.0658. The van der Waals surface area contributed by atoms with Crippen LogP contribution in [-0.2, 0) is 10.0 Å². The zero-order chi connectivity index (χ0) is 22.3. The third-order valence-electron chi connectivity index (χ3n) is 5.63. The van der Waals surface area contributed by atoms with E-state index in [0.29, 0.717) is 0 Å². The molecule has 2 aromatic carbocycles. The number of aromatic hydroxyl groups is 1. The second-order valence-corrected chi connectivity index (χ2v) is 10.0. The van der Waals surface area contributed by atoms with Gasteiger partial charge in [-0.2, -0.15) is 4.31 Å². The highest BCUT2D eigenvalue weighted by atomic mass is 35.5. The number of anilines is 2. The zero-order valence-electron chi connectivity index (χ0n) is 16.7. The van der Waals surface area contributed by atoms with Gasteiger partial charge in [-0.1, -0.05) is 17.7 Å². The van der Waals surface area contributed by atoms with Gasteiger partial charge in [0.05, 0.1) is 10.7 Å². The van der Waals surface area contributed by atoms with Gasteiger partial charge in [-0.3, -0.25) is 0 Å². The normalized spacial score (nSPS) is 21.1. The minimum atomic E-state index is -4.09. The Morgan fingerprint density at radius 2 is 1.81 bits per heavy atom. The molecule has 2 heterocycles. The van der Waals surface area contributed by atoms with Crippen molar-refractivity contribution in [3.05, 3.63) is 46.7 Å². The molecule has 4 N–H and O–H groups in total. The predicted octanol–water partition coefficient (Wildman–Crippen LogP) is 3.26. The Balaban J connectivity index is 1.59. The lowest BCUT2D eigenvalue weighted by Gasteiger charge is -2.32. The highest BCUT2D eigenvalue weighted by Gasteiger charge is 2.40. The molecular formula is C20H22ClFN4O4S. The van der Waals surface area contributed by atoms with Crippen LogP contribution in [0, 0.1) is 12.7 Å². The Kier molecular flexibility index (Phi) is 5.82.